The molecule has 21 heavy (non-hydrogen) atoms. The minimum absolute atomic E-state index is 0.0154. The summed E-state index contributed by atoms with van der Waals surface area (Å²) in [5.74, 6) is 0.901. The first-order chi connectivity index (χ1) is 10.2. The number of hydrogen-bond acceptors (Lipinski definition) is 5. The molecule has 0 radical (unpaired) electrons. The first kappa shape index (κ1) is 13.8. The van der Waals surface area contributed by atoms with Crippen molar-refractivity contribution in [2.45, 2.75) is 32.2 Å². The molecule has 1 atom stereocenters. The first-order valence-corrected chi connectivity index (χ1v) is 7.18. The van der Waals surface area contributed by atoms with Crippen LogP contribution in [0.3, 0.4) is 0 Å². The lowest BCUT2D eigenvalue weighted by atomic mass is 10.0. The lowest BCUT2D eigenvalue weighted by Crippen LogP contribution is -2.43. The molecular formula is C15H18N4O2. The van der Waals surface area contributed by atoms with Crippen molar-refractivity contribution in [1.82, 2.24) is 15.5 Å². The van der Waals surface area contributed by atoms with E-state index in [0.717, 1.165) is 31.4 Å². The maximum atomic E-state index is 12.3. The van der Waals surface area contributed by atoms with E-state index >= 15 is 0 Å². The summed E-state index contributed by atoms with van der Waals surface area (Å²) in [6.45, 7) is 2.63. The summed E-state index contributed by atoms with van der Waals surface area (Å²) in [4.78, 5) is 12.3. The molecule has 2 N–H and O–H groups in total. The Balaban J connectivity index is 1.80. The van der Waals surface area contributed by atoms with Crippen molar-refractivity contribution < 1.29 is 9.21 Å². The number of aromatic nitrogens is 2. The molecule has 2 heterocycles. The average Bonchev–Trinajstić information content (AvgIpc) is 2.95. The Morgan fingerprint density at radius 3 is 2.90 bits per heavy atom. The Bertz CT molecular complexity index is 632. The van der Waals surface area contributed by atoms with E-state index in [2.05, 4.69) is 20.8 Å². The standard InChI is InChI=1S/C15H18N4O2/c1-10-18-19-15(21-10)11-6-2-3-7-12(11)17-14(20)13-8-4-5-9-16-13/h2-3,6-7,13,16H,4-5,8-9H2,1H3,(H,17,20)/t13-/m0/s1. The number of piperidine rings is 1. The number of rotatable bonds is 3. The lowest BCUT2D eigenvalue weighted by molar-refractivity contribution is -0.118. The molecule has 6 nitrogen and oxygen atoms in total. The first-order valence-electron chi connectivity index (χ1n) is 7.18. The third kappa shape index (κ3) is 3.11. The zero-order chi connectivity index (χ0) is 14.7. The molecule has 0 aliphatic carbocycles. The van der Waals surface area contributed by atoms with Crippen LogP contribution in [-0.4, -0.2) is 28.7 Å². The second-order valence-corrected chi connectivity index (χ2v) is 5.16. The largest absolute Gasteiger partial charge is 0.421 e. The van der Waals surface area contributed by atoms with Crippen molar-refractivity contribution in [3.63, 3.8) is 0 Å². The Kier molecular flexibility index (Phi) is 3.96. The highest BCUT2D eigenvalue weighted by molar-refractivity contribution is 5.97. The monoisotopic (exact) mass is 286 g/mol. The minimum Gasteiger partial charge on any atom is -0.421 e. The number of carbonyl (C=O) groups excluding carboxylic acids is 1. The third-order valence-electron chi connectivity index (χ3n) is 3.57. The van der Waals surface area contributed by atoms with Gasteiger partial charge in [-0.1, -0.05) is 18.6 Å². The fourth-order valence-electron chi connectivity index (χ4n) is 2.48. The van der Waals surface area contributed by atoms with Gasteiger partial charge < -0.3 is 15.1 Å². The Labute approximate surface area is 123 Å². The summed E-state index contributed by atoms with van der Waals surface area (Å²) in [6, 6.07) is 7.32. The van der Waals surface area contributed by atoms with E-state index in [-0.39, 0.29) is 11.9 Å². The molecule has 1 saturated heterocycles. The number of carbonyl (C=O) groups is 1. The summed E-state index contributed by atoms with van der Waals surface area (Å²) in [7, 11) is 0. The highest BCUT2D eigenvalue weighted by Crippen LogP contribution is 2.27. The van der Waals surface area contributed by atoms with E-state index in [9.17, 15) is 4.79 Å². The second kappa shape index (κ2) is 6.05. The molecule has 1 aromatic carbocycles. The van der Waals surface area contributed by atoms with E-state index < -0.39 is 0 Å². The van der Waals surface area contributed by atoms with E-state index in [1.807, 2.05) is 24.3 Å². The van der Waals surface area contributed by atoms with Gasteiger partial charge in [0.15, 0.2) is 0 Å². The quantitative estimate of drug-likeness (QED) is 0.903. The summed E-state index contributed by atoms with van der Waals surface area (Å²) in [5.41, 5.74) is 1.43. The van der Waals surface area contributed by atoms with Crippen LogP contribution in [0.1, 0.15) is 25.2 Å². The molecule has 1 aliphatic heterocycles. The molecule has 110 valence electrons. The molecule has 1 fully saturated rings. The van der Waals surface area contributed by atoms with Crippen molar-refractivity contribution in [3.8, 4) is 11.5 Å². The number of nitrogens with zero attached hydrogens (tertiary/aromatic N) is 2. The van der Waals surface area contributed by atoms with Gasteiger partial charge in [0.25, 0.3) is 0 Å². The molecule has 0 saturated carbocycles. The number of para-hydroxylation sites is 1. The van der Waals surface area contributed by atoms with Crippen LogP contribution in [0.4, 0.5) is 5.69 Å². The van der Waals surface area contributed by atoms with Gasteiger partial charge >= 0.3 is 0 Å². The molecule has 0 spiro atoms. The van der Waals surface area contributed by atoms with Crippen LogP contribution < -0.4 is 10.6 Å². The number of benzene rings is 1. The van der Waals surface area contributed by atoms with Crippen LogP contribution >= 0.6 is 0 Å². The molecular weight excluding hydrogens is 268 g/mol. The summed E-state index contributed by atoms with van der Waals surface area (Å²) >= 11 is 0. The normalized spacial score (nSPS) is 18.4. The topological polar surface area (TPSA) is 80.0 Å². The summed E-state index contributed by atoms with van der Waals surface area (Å²) < 4.78 is 5.45. The minimum atomic E-state index is -0.128. The van der Waals surface area contributed by atoms with Gasteiger partial charge in [0, 0.05) is 6.92 Å². The molecule has 0 unspecified atom stereocenters. The van der Waals surface area contributed by atoms with Crippen molar-refractivity contribution in [2.24, 2.45) is 0 Å². The summed E-state index contributed by atoms with van der Waals surface area (Å²) in [6.07, 6.45) is 3.07. The van der Waals surface area contributed by atoms with Crippen molar-refractivity contribution >= 4 is 11.6 Å². The fraction of sp³-hybridized carbons (Fsp3) is 0.400. The van der Waals surface area contributed by atoms with Crippen molar-refractivity contribution in [2.75, 3.05) is 11.9 Å². The van der Waals surface area contributed by atoms with E-state index in [1.54, 1.807) is 6.92 Å². The predicted molar refractivity (Wildman–Crippen MR) is 78.7 cm³/mol. The van der Waals surface area contributed by atoms with Gasteiger partial charge in [-0.05, 0) is 31.5 Å². The number of anilines is 1. The lowest BCUT2D eigenvalue weighted by Gasteiger charge is -2.22. The molecule has 3 rings (SSSR count). The predicted octanol–water partition coefficient (Wildman–Crippen LogP) is 2.13. The number of nitrogens with one attached hydrogen (secondary N) is 2. The summed E-state index contributed by atoms with van der Waals surface area (Å²) in [5, 5.41) is 14.0. The maximum Gasteiger partial charge on any atom is 0.249 e. The highest BCUT2D eigenvalue weighted by Gasteiger charge is 2.22. The number of amides is 1. The van der Waals surface area contributed by atoms with Crippen LogP contribution in [0.2, 0.25) is 0 Å². The van der Waals surface area contributed by atoms with Crippen LogP contribution in [0.25, 0.3) is 11.5 Å². The van der Waals surface area contributed by atoms with Crippen molar-refractivity contribution in [1.29, 1.82) is 0 Å². The Morgan fingerprint density at radius 1 is 1.33 bits per heavy atom. The molecule has 0 bridgehead atoms. The molecule has 1 amide bonds. The van der Waals surface area contributed by atoms with Gasteiger partial charge in [-0.25, -0.2) is 0 Å². The van der Waals surface area contributed by atoms with Gasteiger partial charge in [-0.3, -0.25) is 4.79 Å². The van der Waals surface area contributed by atoms with Gasteiger partial charge in [0.1, 0.15) is 0 Å². The molecule has 6 heteroatoms. The number of aryl methyl sites for hydroxylation is 1. The van der Waals surface area contributed by atoms with Gasteiger partial charge in [0.2, 0.25) is 17.7 Å². The zero-order valence-corrected chi connectivity index (χ0v) is 11.9. The van der Waals surface area contributed by atoms with Crippen LogP contribution in [0, 0.1) is 6.92 Å². The van der Waals surface area contributed by atoms with Gasteiger partial charge in [-0.2, -0.15) is 0 Å². The zero-order valence-electron chi connectivity index (χ0n) is 11.9. The van der Waals surface area contributed by atoms with Crippen molar-refractivity contribution in [3.05, 3.63) is 30.2 Å². The molecule has 1 aromatic heterocycles. The smallest absolute Gasteiger partial charge is 0.249 e. The van der Waals surface area contributed by atoms with Gasteiger partial charge in [-0.15, -0.1) is 10.2 Å². The van der Waals surface area contributed by atoms with Crippen LogP contribution in [0.5, 0.6) is 0 Å². The van der Waals surface area contributed by atoms with Crippen LogP contribution in [-0.2, 0) is 4.79 Å². The molecule has 1 aliphatic rings. The number of hydrogen-bond donors (Lipinski definition) is 2. The van der Waals surface area contributed by atoms with E-state index in [0.29, 0.717) is 17.5 Å². The average molecular weight is 286 g/mol. The van der Waals surface area contributed by atoms with Crippen LogP contribution in [0.15, 0.2) is 28.7 Å². The SMILES string of the molecule is Cc1nnc(-c2ccccc2NC(=O)[C@@H]2CCCCN2)o1. The second-order valence-electron chi connectivity index (χ2n) is 5.16. The van der Waals surface area contributed by atoms with Gasteiger partial charge in [0.05, 0.1) is 17.3 Å². The third-order valence-corrected chi connectivity index (χ3v) is 3.57. The van der Waals surface area contributed by atoms with E-state index in [1.165, 1.54) is 0 Å². The Morgan fingerprint density at radius 2 is 2.19 bits per heavy atom. The fourth-order valence-corrected chi connectivity index (χ4v) is 2.48. The van der Waals surface area contributed by atoms with E-state index in [4.69, 9.17) is 4.42 Å². The molecule has 2 aromatic rings. The Hall–Kier alpha value is -2.21. The maximum absolute atomic E-state index is 12.3. The highest BCUT2D eigenvalue weighted by atomic mass is 16.4.